The minimum Gasteiger partial charge on any atom is -0.385 e. The number of sulfonamides is 1. The highest BCUT2D eigenvalue weighted by Crippen LogP contribution is 2.18. The molecule has 0 aliphatic heterocycles. The van der Waals surface area contributed by atoms with Gasteiger partial charge < -0.3 is 5.32 Å². The van der Waals surface area contributed by atoms with E-state index in [1.807, 2.05) is 20.8 Å². The van der Waals surface area contributed by atoms with Gasteiger partial charge in [-0.25, -0.2) is 12.7 Å². The molecule has 1 aromatic rings. The molecule has 1 aromatic carbocycles. The van der Waals surface area contributed by atoms with Crippen LogP contribution in [0.4, 0.5) is 5.69 Å². The van der Waals surface area contributed by atoms with Crippen LogP contribution in [0.2, 0.25) is 0 Å². The number of anilines is 1. The Labute approximate surface area is 110 Å². The number of benzene rings is 1. The maximum absolute atomic E-state index is 12.2. The van der Waals surface area contributed by atoms with Gasteiger partial charge in [0, 0.05) is 25.8 Å². The molecule has 1 rings (SSSR count). The van der Waals surface area contributed by atoms with Crippen LogP contribution in [0.3, 0.4) is 0 Å². The number of rotatable bonds is 6. The van der Waals surface area contributed by atoms with Crippen molar-refractivity contribution >= 4 is 15.7 Å². The molecule has 0 saturated carbocycles. The number of hydrogen-bond acceptors (Lipinski definition) is 3. The summed E-state index contributed by atoms with van der Waals surface area (Å²) in [5.41, 5.74) is 0.933. The van der Waals surface area contributed by atoms with Crippen LogP contribution in [0.15, 0.2) is 29.2 Å². The quantitative estimate of drug-likeness (QED) is 0.863. The summed E-state index contributed by atoms with van der Waals surface area (Å²) in [6.07, 6.45) is 0. The Kier molecular flexibility index (Phi) is 5.16. The molecular formula is C13H22N2O2S. The highest BCUT2D eigenvalue weighted by atomic mass is 32.2. The molecule has 0 aliphatic carbocycles. The van der Waals surface area contributed by atoms with Crippen molar-refractivity contribution in [3.63, 3.8) is 0 Å². The Morgan fingerprint density at radius 3 is 2.22 bits per heavy atom. The van der Waals surface area contributed by atoms with Gasteiger partial charge >= 0.3 is 0 Å². The van der Waals surface area contributed by atoms with E-state index in [-0.39, 0.29) is 0 Å². The van der Waals surface area contributed by atoms with Crippen LogP contribution in [0.1, 0.15) is 20.8 Å². The summed E-state index contributed by atoms with van der Waals surface area (Å²) in [6, 6.07) is 6.87. The number of hydrogen-bond donors (Lipinski definition) is 1. The predicted molar refractivity (Wildman–Crippen MR) is 75.3 cm³/mol. The molecule has 0 heterocycles. The molecule has 0 spiro atoms. The first-order valence-corrected chi connectivity index (χ1v) is 7.62. The average molecular weight is 270 g/mol. The first-order valence-electron chi connectivity index (χ1n) is 6.18. The third-order valence-corrected chi connectivity index (χ3v) is 4.40. The molecule has 1 N–H and O–H groups in total. The fraction of sp³-hybridized carbons (Fsp3) is 0.538. The van der Waals surface area contributed by atoms with Crippen LogP contribution in [0.5, 0.6) is 0 Å². The standard InChI is InChI=1S/C13H22N2O2S/c1-5-14-12-6-8-13(9-7-12)18(16,17)15(4)10-11(2)3/h6-9,11,14H,5,10H2,1-4H3. The molecule has 0 saturated heterocycles. The van der Waals surface area contributed by atoms with E-state index in [1.165, 1.54) is 4.31 Å². The molecule has 102 valence electrons. The first kappa shape index (κ1) is 15.0. The smallest absolute Gasteiger partial charge is 0.242 e. The van der Waals surface area contributed by atoms with Crippen molar-refractivity contribution in [1.82, 2.24) is 4.31 Å². The summed E-state index contributed by atoms with van der Waals surface area (Å²) in [5.74, 6) is 0.311. The van der Waals surface area contributed by atoms with Gasteiger partial charge in [-0.15, -0.1) is 0 Å². The van der Waals surface area contributed by atoms with Crippen LogP contribution in [-0.4, -0.2) is 32.9 Å². The van der Waals surface area contributed by atoms with E-state index < -0.39 is 10.0 Å². The molecule has 4 nitrogen and oxygen atoms in total. The summed E-state index contributed by atoms with van der Waals surface area (Å²) in [7, 11) is -1.74. The molecular weight excluding hydrogens is 248 g/mol. The summed E-state index contributed by atoms with van der Waals surface area (Å²) in [4.78, 5) is 0.340. The van der Waals surface area contributed by atoms with Gasteiger partial charge in [-0.05, 0) is 37.1 Å². The highest BCUT2D eigenvalue weighted by molar-refractivity contribution is 7.89. The lowest BCUT2D eigenvalue weighted by Gasteiger charge is -2.19. The van der Waals surface area contributed by atoms with Crippen molar-refractivity contribution in [2.45, 2.75) is 25.7 Å². The van der Waals surface area contributed by atoms with Gasteiger partial charge in [0.15, 0.2) is 0 Å². The maximum atomic E-state index is 12.2. The van der Waals surface area contributed by atoms with Crippen molar-refractivity contribution in [3.05, 3.63) is 24.3 Å². The van der Waals surface area contributed by atoms with Crippen molar-refractivity contribution in [1.29, 1.82) is 0 Å². The van der Waals surface area contributed by atoms with Crippen LogP contribution in [0, 0.1) is 5.92 Å². The van der Waals surface area contributed by atoms with Gasteiger partial charge in [0.1, 0.15) is 0 Å². The molecule has 18 heavy (non-hydrogen) atoms. The van der Waals surface area contributed by atoms with Gasteiger partial charge in [0.05, 0.1) is 4.90 Å². The highest BCUT2D eigenvalue weighted by Gasteiger charge is 2.20. The van der Waals surface area contributed by atoms with Gasteiger partial charge in [-0.2, -0.15) is 0 Å². The molecule has 5 heteroatoms. The van der Waals surface area contributed by atoms with E-state index in [1.54, 1.807) is 31.3 Å². The van der Waals surface area contributed by atoms with Gasteiger partial charge in [0.25, 0.3) is 0 Å². The molecule has 0 radical (unpaired) electrons. The predicted octanol–water partition coefficient (Wildman–Crippen LogP) is 2.39. The summed E-state index contributed by atoms with van der Waals surface area (Å²) < 4.78 is 25.9. The number of nitrogens with zero attached hydrogens (tertiary/aromatic N) is 1. The minimum absolute atomic E-state index is 0.311. The fourth-order valence-corrected chi connectivity index (χ4v) is 3.08. The topological polar surface area (TPSA) is 49.4 Å². The van der Waals surface area contributed by atoms with E-state index >= 15 is 0 Å². The number of nitrogens with one attached hydrogen (secondary N) is 1. The Hall–Kier alpha value is -1.07. The van der Waals surface area contributed by atoms with Crippen molar-refractivity contribution < 1.29 is 8.42 Å². The molecule has 0 unspecified atom stereocenters. The normalized spacial score (nSPS) is 12.1. The lowest BCUT2D eigenvalue weighted by molar-refractivity contribution is 0.417. The lowest BCUT2D eigenvalue weighted by Crippen LogP contribution is -2.30. The third-order valence-electron chi connectivity index (χ3n) is 2.57. The van der Waals surface area contributed by atoms with E-state index in [9.17, 15) is 8.42 Å². The Morgan fingerprint density at radius 1 is 1.22 bits per heavy atom. The molecule has 0 fully saturated rings. The van der Waals surface area contributed by atoms with Crippen LogP contribution < -0.4 is 5.32 Å². The minimum atomic E-state index is -3.36. The van der Waals surface area contributed by atoms with Crippen LogP contribution >= 0.6 is 0 Å². The molecule has 0 amide bonds. The van der Waals surface area contributed by atoms with E-state index in [0.29, 0.717) is 17.4 Å². The van der Waals surface area contributed by atoms with Gasteiger partial charge in [0.2, 0.25) is 10.0 Å². The molecule has 0 aromatic heterocycles. The SMILES string of the molecule is CCNc1ccc(S(=O)(=O)N(C)CC(C)C)cc1. The fourth-order valence-electron chi connectivity index (χ4n) is 1.74. The van der Waals surface area contributed by atoms with Gasteiger partial charge in [-0.3, -0.25) is 0 Å². The second-order valence-corrected chi connectivity index (χ2v) is 6.78. The monoisotopic (exact) mass is 270 g/mol. The first-order chi connectivity index (χ1) is 8.37. The molecule has 0 atom stereocenters. The maximum Gasteiger partial charge on any atom is 0.242 e. The zero-order valence-corrected chi connectivity index (χ0v) is 12.3. The summed E-state index contributed by atoms with van der Waals surface area (Å²) in [6.45, 7) is 7.35. The van der Waals surface area contributed by atoms with Crippen LogP contribution in [0.25, 0.3) is 0 Å². The van der Waals surface area contributed by atoms with E-state index in [0.717, 1.165) is 12.2 Å². The van der Waals surface area contributed by atoms with Crippen molar-refractivity contribution in [2.24, 2.45) is 5.92 Å². The Bertz CT molecular complexity index is 466. The average Bonchev–Trinajstić information content (AvgIpc) is 2.29. The zero-order chi connectivity index (χ0) is 13.8. The van der Waals surface area contributed by atoms with E-state index in [2.05, 4.69) is 5.32 Å². The summed E-state index contributed by atoms with van der Waals surface area (Å²) >= 11 is 0. The lowest BCUT2D eigenvalue weighted by atomic mass is 10.2. The van der Waals surface area contributed by atoms with Crippen molar-refractivity contribution in [3.8, 4) is 0 Å². The Morgan fingerprint density at radius 2 is 1.78 bits per heavy atom. The zero-order valence-electron chi connectivity index (χ0n) is 11.5. The van der Waals surface area contributed by atoms with Crippen molar-refractivity contribution in [2.75, 3.05) is 25.5 Å². The largest absolute Gasteiger partial charge is 0.385 e. The second-order valence-electron chi connectivity index (χ2n) is 4.73. The second kappa shape index (κ2) is 6.20. The van der Waals surface area contributed by atoms with Crippen LogP contribution in [-0.2, 0) is 10.0 Å². The van der Waals surface area contributed by atoms with E-state index in [4.69, 9.17) is 0 Å². The third kappa shape index (κ3) is 3.71. The molecule has 0 aliphatic rings. The summed E-state index contributed by atoms with van der Waals surface area (Å²) in [5, 5.41) is 3.14. The Balaban J connectivity index is 2.91. The molecule has 0 bridgehead atoms. The van der Waals surface area contributed by atoms with Gasteiger partial charge in [-0.1, -0.05) is 13.8 Å².